The van der Waals surface area contributed by atoms with Gasteiger partial charge in [0.1, 0.15) is 17.6 Å². The highest BCUT2D eigenvalue weighted by Gasteiger charge is 2.38. The molecule has 0 saturated carbocycles. The first kappa shape index (κ1) is 19.3. The molecule has 5 rings (SSSR count). The van der Waals surface area contributed by atoms with Gasteiger partial charge in [-0.3, -0.25) is 19.7 Å². The fourth-order valence-corrected chi connectivity index (χ4v) is 3.74. The highest BCUT2D eigenvalue weighted by atomic mass is 19.1. The number of nitrogens with one attached hydrogen (secondary N) is 1. The number of ether oxygens (including phenoxy) is 2. The number of rotatable bonds is 5. The van der Waals surface area contributed by atoms with Crippen LogP contribution in [0.1, 0.15) is 12.1 Å². The summed E-state index contributed by atoms with van der Waals surface area (Å²) in [5, 5.41) is 2.78. The molecule has 1 amide bonds. The lowest BCUT2D eigenvalue weighted by atomic mass is 10.2. The molecule has 0 spiro atoms. The lowest BCUT2D eigenvalue weighted by Crippen LogP contribution is -2.39. The summed E-state index contributed by atoms with van der Waals surface area (Å²) in [6.07, 6.45) is 5.29. The van der Waals surface area contributed by atoms with Gasteiger partial charge < -0.3 is 14.8 Å². The smallest absolute Gasteiger partial charge is 0.241 e. The Morgan fingerprint density at radius 2 is 2.00 bits per heavy atom. The summed E-state index contributed by atoms with van der Waals surface area (Å²) in [5.74, 6) is 1.28. The van der Waals surface area contributed by atoms with Gasteiger partial charge in [-0.15, -0.1) is 0 Å². The number of hydrogen-bond donors (Lipinski definition) is 1. The predicted octanol–water partition coefficient (Wildman–Crippen LogP) is 2.21. The summed E-state index contributed by atoms with van der Waals surface area (Å²) in [6.45, 7) is 0.539. The molecular formula is C21H19FN6O3. The van der Waals surface area contributed by atoms with Crippen molar-refractivity contribution in [2.24, 2.45) is 0 Å². The van der Waals surface area contributed by atoms with Crippen LogP contribution in [0.3, 0.4) is 0 Å². The molecule has 158 valence electrons. The van der Waals surface area contributed by atoms with Gasteiger partial charge in [-0.25, -0.2) is 14.4 Å². The van der Waals surface area contributed by atoms with Crippen molar-refractivity contribution in [2.75, 3.05) is 18.7 Å². The van der Waals surface area contributed by atoms with Crippen LogP contribution in [0, 0.1) is 0 Å². The van der Waals surface area contributed by atoms with E-state index in [-0.39, 0.29) is 32.2 Å². The van der Waals surface area contributed by atoms with Crippen LogP contribution in [0.4, 0.5) is 10.1 Å². The van der Waals surface area contributed by atoms with Crippen LogP contribution in [-0.4, -0.2) is 56.3 Å². The minimum Gasteiger partial charge on any atom is -0.453 e. The lowest BCUT2D eigenvalue weighted by molar-refractivity contribution is -0.120. The Bertz CT molecular complexity index is 1080. The molecule has 3 aromatic rings. The molecular weight excluding hydrogens is 403 g/mol. The van der Waals surface area contributed by atoms with Crippen molar-refractivity contribution in [3.63, 3.8) is 0 Å². The Morgan fingerprint density at radius 1 is 1.13 bits per heavy atom. The Hall–Kier alpha value is -3.66. The summed E-state index contributed by atoms with van der Waals surface area (Å²) in [5.41, 5.74) is 1.68. The molecule has 0 aromatic carbocycles. The van der Waals surface area contributed by atoms with Gasteiger partial charge in [0.05, 0.1) is 24.1 Å². The molecule has 2 aliphatic rings. The van der Waals surface area contributed by atoms with E-state index in [1.54, 1.807) is 29.4 Å². The molecule has 0 unspecified atom stereocenters. The maximum absolute atomic E-state index is 14.2. The van der Waals surface area contributed by atoms with Crippen molar-refractivity contribution in [1.82, 2.24) is 24.8 Å². The van der Waals surface area contributed by atoms with Crippen LogP contribution in [0.25, 0.3) is 11.5 Å². The first-order valence-corrected chi connectivity index (χ1v) is 9.83. The molecule has 0 radical (unpaired) electrons. The minimum atomic E-state index is -1.10. The zero-order valence-corrected chi connectivity index (χ0v) is 16.4. The number of likely N-dealkylation sites (tertiary alicyclic amines) is 1. The van der Waals surface area contributed by atoms with E-state index in [4.69, 9.17) is 9.47 Å². The van der Waals surface area contributed by atoms with E-state index in [1.807, 2.05) is 12.1 Å². The number of nitrogens with zero attached hydrogens (tertiary/aromatic N) is 5. The maximum atomic E-state index is 14.2. The highest BCUT2D eigenvalue weighted by molar-refractivity contribution is 5.94. The molecule has 31 heavy (non-hydrogen) atoms. The van der Waals surface area contributed by atoms with Gasteiger partial charge in [0.2, 0.25) is 12.7 Å². The number of anilines is 1. The highest BCUT2D eigenvalue weighted by Crippen LogP contribution is 2.35. The zero-order valence-electron chi connectivity index (χ0n) is 16.4. The molecule has 2 atom stereocenters. The van der Waals surface area contributed by atoms with Gasteiger partial charge >= 0.3 is 0 Å². The Labute approximate surface area is 177 Å². The Morgan fingerprint density at radius 3 is 2.81 bits per heavy atom. The van der Waals surface area contributed by atoms with Crippen LogP contribution < -0.4 is 14.8 Å². The van der Waals surface area contributed by atoms with Crippen molar-refractivity contribution < 1.29 is 18.7 Å². The van der Waals surface area contributed by atoms with E-state index in [1.165, 1.54) is 12.4 Å². The fraction of sp³-hybridized carbons (Fsp3) is 0.286. The Kier molecular flexibility index (Phi) is 5.13. The number of carbonyl (C=O) groups is 1. The predicted molar refractivity (Wildman–Crippen MR) is 108 cm³/mol. The number of amides is 1. The quantitative estimate of drug-likeness (QED) is 0.668. The summed E-state index contributed by atoms with van der Waals surface area (Å²) >= 11 is 0. The molecule has 1 N–H and O–H groups in total. The van der Waals surface area contributed by atoms with Crippen LogP contribution in [-0.2, 0) is 11.3 Å². The van der Waals surface area contributed by atoms with Gasteiger partial charge in [0.15, 0.2) is 17.3 Å². The average Bonchev–Trinajstić information content (AvgIpc) is 3.42. The third kappa shape index (κ3) is 4.02. The van der Waals surface area contributed by atoms with Crippen molar-refractivity contribution in [1.29, 1.82) is 0 Å². The second-order valence-corrected chi connectivity index (χ2v) is 7.27. The van der Waals surface area contributed by atoms with E-state index in [0.717, 1.165) is 0 Å². The minimum absolute atomic E-state index is 0.102. The van der Waals surface area contributed by atoms with Crippen molar-refractivity contribution >= 4 is 11.6 Å². The van der Waals surface area contributed by atoms with E-state index in [2.05, 4.69) is 25.3 Å². The third-order valence-corrected chi connectivity index (χ3v) is 5.18. The molecule has 2 aliphatic heterocycles. The number of pyridine rings is 2. The third-order valence-electron chi connectivity index (χ3n) is 5.18. The van der Waals surface area contributed by atoms with Crippen LogP contribution in [0.15, 0.2) is 49.1 Å². The molecule has 3 aromatic heterocycles. The molecule has 10 heteroatoms. The SMILES string of the molecule is O=C(Nc1cnc(-c2ccccn2)nc1)[C@H]1C[C@H](F)CN1Cc1nccc2c1OCO2. The van der Waals surface area contributed by atoms with Crippen molar-refractivity contribution in [2.45, 2.75) is 25.2 Å². The molecule has 1 fully saturated rings. The standard InChI is InChI=1S/C21H19FN6O3/c22-13-7-17(28(10-13)11-16-19-18(4-6-24-16)30-12-31-19)21(29)27-14-8-25-20(26-9-14)15-3-1-2-5-23-15/h1-6,8-9,13,17H,7,10-12H2,(H,27,29)/t13-,17+/m0/s1. The van der Waals surface area contributed by atoms with Crippen molar-refractivity contribution in [3.8, 4) is 23.0 Å². The lowest BCUT2D eigenvalue weighted by Gasteiger charge is -2.23. The molecule has 5 heterocycles. The number of carbonyl (C=O) groups excluding carboxylic acids is 1. The van der Waals surface area contributed by atoms with Crippen molar-refractivity contribution in [3.05, 3.63) is 54.7 Å². The first-order valence-electron chi connectivity index (χ1n) is 9.83. The van der Waals surface area contributed by atoms with Gasteiger partial charge in [-0.2, -0.15) is 0 Å². The number of aromatic nitrogens is 4. The number of alkyl halides is 1. The fourth-order valence-electron chi connectivity index (χ4n) is 3.74. The first-order chi connectivity index (χ1) is 15.2. The largest absolute Gasteiger partial charge is 0.453 e. The number of hydrogen-bond acceptors (Lipinski definition) is 8. The van der Waals surface area contributed by atoms with Gasteiger partial charge in [0.25, 0.3) is 0 Å². The summed E-state index contributed by atoms with van der Waals surface area (Å²) in [4.78, 5) is 31.7. The monoisotopic (exact) mass is 422 g/mol. The number of halogens is 1. The summed E-state index contributed by atoms with van der Waals surface area (Å²) in [7, 11) is 0. The topological polar surface area (TPSA) is 102 Å². The Balaban J connectivity index is 1.28. The zero-order chi connectivity index (χ0) is 21.2. The van der Waals surface area contributed by atoms with E-state index >= 15 is 0 Å². The van der Waals surface area contributed by atoms with Crippen LogP contribution in [0.2, 0.25) is 0 Å². The average molecular weight is 422 g/mol. The second-order valence-electron chi connectivity index (χ2n) is 7.27. The molecule has 1 saturated heterocycles. The maximum Gasteiger partial charge on any atom is 0.241 e. The molecule has 0 aliphatic carbocycles. The van der Waals surface area contributed by atoms with E-state index in [0.29, 0.717) is 34.4 Å². The molecule has 9 nitrogen and oxygen atoms in total. The normalized spacial score (nSPS) is 20.0. The summed E-state index contributed by atoms with van der Waals surface area (Å²) in [6, 6.07) is 6.52. The van der Waals surface area contributed by atoms with Crippen LogP contribution in [0.5, 0.6) is 11.5 Å². The summed E-state index contributed by atoms with van der Waals surface area (Å²) < 4.78 is 25.1. The molecule has 0 bridgehead atoms. The second kappa shape index (κ2) is 8.23. The van der Waals surface area contributed by atoms with Gasteiger partial charge in [-0.05, 0) is 12.1 Å². The van der Waals surface area contributed by atoms with Gasteiger partial charge in [-0.1, -0.05) is 6.07 Å². The van der Waals surface area contributed by atoms with E-state index < -0.39 is 12.2 Å². The van der Waals surface area contributed by atoms with Crippen LogP contribution >= 0.6 is 0 Å². The van der Waals surface area contributed by atoms with E-state index in [9.17, 15) is 9.18 Å². The number of fused-ring (bicyclic) bond motifs is 1. The van der Waals surface area contributed by atoms with Gasteiger partial charge in [0, 0.05) is 38.0 Å².